The summed E-state index contributed by atoms with van der Waals surface area (Å²) in [7, 11) is 0. The normalized spacial score (nSPS) is 29.2. The summed E-state index contributed by atoms with van der Waals surface area (Å²) < 4.78 is 14.4. The molecule has 15 heavy (non-hydrogen) atoms. The van der Waals surface area contributed by atoms with E-state index in [0.717, 1.165) is 10.9 Å². The third kappa shape index (κ3) is 1.82. The van der Waals surface area contributed by atoms with E-state index in [4.69, 9.17) is 5.73 Å². The number of hydrogen-bond acceptors (Lipinski definition) is 2. The van der Waals surface area contributed by atoms with Gasteiger partial charge in [0.25, 0.3) is 0 Å². The van der Waals surface area contributed by atoms with E-state index >= 15 is 0 Å². The van der Waals surface area contributed by atoms with Crippen molar-refractivity contribution in [1.82, 2.24) is 0 Å². The van der Waals surface area contributed by atoms with Crippen molar-refractivity contribution in [3.05, 3.63) is 34.1 Å². The maximum atomic E-state index is 13.5. The first kappa shape index (κ1) is 11.0. The molecule has 2 unspecified atom stereocenters. The molecule has 0 spiro atoms. The van der Waals surface area contributed by atoms with Crippen molar-refractivity contribution in [2.24, 2.45) is 11.1 Å². The van der Waals surface area contributed by atoms with Crippen LogP contribution < -0.4 is 5.73 Å². The molecule has 3 N–H and O–H groups in total. The second-order valence-corrected chi connectivity index (χ2v) is 5.06. The Morgan fingerprint density at radius 1 is 1.60 bits per heavy atom. The Balaban J connectivity index is 2.29. The minimum absolute atomic E-state index is 0.0279. The van der Waals surface area contributed by atoms with E-state index in [9.17, 15) is 9.50 Å². The largest absolute Gasteiger partial charge is 0.396 e. The average Bonchev–Trinajstić information content (AvgIpc) is 2.97. The van der Waals surface area contributed by atoms with Crippen LogP contribution in [0.2, 0.25) is 0 Å². The van der Waals surface area contributed by atoms with Gasteiger partial charge in [-0.05, 0) is 36.1 Å². The van der Waals surface area contributed by atoms with Crippen molar-refractivity contribution in [3.63, 3.8) is 0 Å². The van der Waals surface area contributed by atoms with Gasteiger partial charge in [0.15, 0.2) is 0 Å². The molecule has 1 fully saturated rings. The van der Waals surface area contributed by atoms with Crippen molar-refractivity contribution in [3.8, 4) is 0 Å². The van der Waals surface area contributed by atoms with Gasteiger partial charge < -0.3 is 10.8 Å². The highest BCUT2D eigenvalue weighted by molar-refractivity contribution is 9.10. The van der Waals surface area contributed by atoms with Gasteiger partial charge in [-0.2, -0.15) is 0 Å². The van der Waals surface area contributed by atoms with Crippen molar-refractivity contribution in [2.75, 3.05) is 13.2 Å². The second-order valence-electron chi connectivity index (χ2n) is 4.15. The molecule has 4 heteroatoms. The summed E-state index contributed by atoms with van der Waals surface area (Å²) in [6.45, 7) is 0.431. The number of rotatable bonds is 3. The van der Waals surface area contributed by atoms with Gasteiger partial charge in [0.1, 0.15) is 5.82 Å². The highest BCUT2D eigenvalue weighted by Gasteiger charge is 2.54. The number of nitrogens with two attached hydrogens (primary N) is 1. The molecule has 0 heterocycles. The summed E-state index contributed by atoms with van der Waals surface area (Å²) >= 11 is 3.31. The Morgan fingerprint density at radius 2 is 2.33 bits per heavy atom. The van der Waals surface area contributed by atoms with Crippen LogP contribution in [0.1, 0.15) is 17.9 Å². The SMILES string of the molecule is NCC1(CO)CC1c1cc(Br)ccc1F. The van der Waals surface area contributed by atoms with E-state index in [2.05, 4.69) is 15.9 Å². The number of hydrogen-bond donors (Lipinski definition) is 2. The zero-order valence-corrected chi connectivity index (χ0v) is 9.80. The van der Waals surface area contributed by atoms with E-state index < -0.39 is 0 Å². The molecule has 0 bridgehead atoms. The molecule has 82 valence electrons. The Labute approximate surface area is 96.4 Å². The topological polar surface area (TPSA) is 46.2 Å². The fourth-order valence-corrected chi connectivity index (χ4v) is 2.41. The summed E-state index contributed by atoms with van der Waals surface area (Å²) in [4.78, 5) is 0. The second kappa shape index (κ2) is 3.85. The van der Waals surface area contributed by atoms with Crippen molar-refractivity contribution >= 4 is 15.9 Å². The standard InChI is InChI=1S/C11H13BrFNO/c12-7-1-2-10(13)8(3-7)9-4-11(9,5-14)6-15/h1-3,9,15H,4-6,14H2. The van der Waals surface area contributed by atoms with E-state index in [-0.39, 0.29) is 23.8 Å². The Kier molecular flexibility index (Phi) is 2.83. The van der Waals surface area contributed by atoms with E-state index in [0.29, 0.717) is 12.1 Å². The van der Waals surface area contributed by atoms with Crippen LogP contribution in [-0.4, -0.2) is 18.3 Å². The van der Waals surface area contributed by atoms with Crippen molar-refractivity contribution < 1.29 is 9.50 Å². The van der Waals surface area contributed by atoms with E-state index in [1.165, 1.54) is 6.07 Å². The number of aliphatic hydroxyl groups is 1. The smallest absolute Gasteiger partial charge is 0.126 e. The highest BCUT2D eigenvalue weighted by Crippen LogP contribution is 2.58. The molecular weight excluding hydrogens is 261 g/mol. The van der Waals surface area contributed by atoms with Gasteiger partial charge in [0, 0.05) is 16.4 Å². The summed E-state index contributed by atoms with van der Waals surface area (Å²) in [6, 6.07) is 4.88. The molecule has 2 nitrogen and oxygen atoms in total. The van der Waals surface area contributed by atoms with Gasteiger partial charge in [-0.25, -0.2) is 4.39 Å². The molecule has 0 amide bonds. The van der Waals surface area contributed by atoms with Crippen LogP contribution in [0.4, 0.5) is 4.39 Å². The molecule has 1 aromatic carbocycles. The lowest BCUT2D eigenvalue weighted by atomic mass is 10.00. The molecule has 2 rings (SSSR count). The molecule has 2 atom stereocenters. The lowest BCUT2D eigenvalue weighted by Gasteiger charge is -2.11. The van der Waals surface area contributed by atoms with Crippen molar-refractivity contribution in [2.45, 2.75) is 12.3 Å². The zero-order chi connectivity index (χ0) is 11.1. The summed E-state index contributed by atoms with van der Waals surface area (Å²) in [5.41, 5.74) is 5.97. The molecule has 1 saturated carbocycles. The van der Waals surface area contributed by atoms with Crippen LogP contribution in [0.3, 0.4) is 0 Å². The van der Waals surface area contributed by atoms with Gasteiger partial charge in [0.05, 0.1) is 6.61 Å². The van der Waals surface area contributed by atoms with Crippen LogP contribution in [0.5, 0.6) is 0 Å². The van der Waals surface area contributed by atoms with Crippen LogP contribution >= 0.6 is 15.9 Å². The minimum Gasteiger partial charge on any atom is -0.396 e. The molecule has 1 aliphatic carbocycles. The molecule has 1 aliphatic rings. The molecule has 0 radical (unpaired) electrons. The first-order valence-corrected chi connectivity index (χ1v) is 5.68. The lowest BCUT2D eigenvalue weighted by molar-refractivity contribution is 0.211. The predicted molar refractivity (Wildman–Crippen MR) is 60.0 cm³/mol. The van der Waals surface area contributed by atoms with Crippen LogP contribution in [0.25, 0.3) is 0 Å². The number of halogens is 2. The average molecular weight is 274 g/mol. The molecule has 0 aliphatic heterocycles. The van der Waals surface area contributed by atoms with Gasteiger partial charge in [-0.3, -0.25) is 0 Å². The molecule has 0 saturated heterocycles. The summed E-state index contributed by atoms with van der Waals surface area (Å²) in [6.07, 6.45) is 0.771. The van der Waals surface area contributed by atoms with E-state index in [1.54, 1.807) is 12.1 Å². The van der Waals surface area contributed by atoms with Gasteiger partial charge in [-0.15, -0.1) is 0 Å². The molecular formula is C11H13BrFNO. The van der Waals surface area contributed by atoms with E-state index in [1.807, 2.05) is 0 Å². The van der Waals surface area contributed by atoms with Gasteiger partial charge in [-0.1, -0.05) is 15.9 Å². The minimum atomic E-state index is -0.290. The van der Waals surface area contributed by atoms with Crippen LogP contribution in [0.15, 0.2) is 22.7 Å². The highest BCUT2D eigenvalue weighted by atomic mass is 79.9. The fraction of sp³-hybridized carbons (Fsp3) is 0.455. The summed E-state index contributed by atoms with van der Waals surface area (Å²) in [5, 5.41) is 9.23. The molecule has 0 aromatic heterocycles. The fourth-order valence-electron chi connectivity index (χ4n) is 2.03. The Bertz CT molecular complexity index is 379. The number of benzene rings is 1. The predicted octanol–water partition coefficient (Wildman–Crippen LogP) is 2.01. The monoisotopic (exact) mass is 273 g/mol. The maximum Gasteiger partial charge on any atom is 0.126 e. The first-order valence-electron chi connectivity index (χ1n) is 4.89. The maximum absolute atomic E-state index is 13.5. The molecule has 1 aromatic rings. The van der Waals surface area contributed by atoms with Crippen LogP contribution in [0, 0.1) is 11.2 Å². The lowest BCUT2D eigenvalue weighted by Crippen LogP contribution is -2.21. The van der Waals surface area contributed by atoms with Crippen LogP contribution in [-0.2, 0) is 0 Å². The van der Waals surface area contributed by atoms with Crippen molar-refractivity contribution in [1.29, 1.82) is 0 Å². The Morgan fingerprint density at radius 3 is 2.87 bits per heavy atom. The summed E-state index contributed by atoms with van der Waals surface area (Å²) in [5.74, 6) is -0.156. The third-order valence-electron chi connectivity index (χ3n) is 3.24. The van der Waals surface area contributed by atoms with Gasteiger partial charge >= 0.3 is 0 Å². The number of aliphatic hydroxyl groups excluding tert-OH is 1. The quantitative estimate of drug-likeness (QED) is 0.885. The Hall–Kier alpha value is -0.450. The first-order chi connectivity index (χ1) is 7.13. The zero-order valence-electron chi connectivity index (χ0n) is 8.21. The van der Waals surface area contributed by atoms with Gasteiger partial charge in [0.2, 0.25) is 0 Å². The third-order valence-corrected chi connectivity index (χ3v) is 3.74.